The van der Waals surface area contributed by atoms with Crippen LogP contribution in [-0.4, -0.2) is 63.7 Å². The molecule has 1 fully saturated rings. The van der Waals surface area contributed by atoms with Gasteiger partial charge in [0.1, 0.15) is 11.6 Å². The highest BCUT2D eigenvalue weighted by atomic mass is 32.2. The van der Waals surface area contributed by atoms with Crippen LogP contribution in [0.1, 0.15) is 42.5 Å². The van der Waals surface area contributed by atoms with E-state index in [-0.39, 0.29) is 16.8 Å². The molecule has 9 nitrogen and oxygen atoms in total. The van der Waals surface area contributed by atoms with E-state index in [1.54, 1.807) is 18.2 Å². The van der Waals surface area contributed by atoms with Gasteiger partial charge in [-0.15, -0.1) is 0 Å². The highest BCUT2D eigenvalue weighted by Gasteiger charge is 2.32. The molecular formula is C25H30N6O3S. The number of imidazole rings is 2. The van der Waals surface area contributed by atoms with Crippen molar-refractivity contribution in [1.82, 2.24) is 28.7 Å². The fourth-order valence-electron chi connectivity index (χ4n) is 4.84. The Morgan fingerprint density at radius 1 is 1.14 bits per heavy atom. The largest absolute Gasteiger partial charge is 0.340 e. The van der Waals surface area contributed by atoms with Crippen molar-refractivity contribution in [1.29, 1.82) is 0 Å². The molecule has 1 amide bonds. The number of aryl methyl sites for hydroxylation is 3. The standard InChI is InChI=1S/C25H30N6O3S/c1-16-7-9-18-19(14-16)28-25(27-18)22-6-5-13-31(22)24(32)12-11-23-26-20-15-17(35(33,34)29(2)3)8-10-21(20)30(23)4/h7-10,14-15,22H,5-6,11-13H2,1-4H3,(H,27,28). The number of carbonyl (C=O) groups is 1. The zero-order valence-corrected chi connectivity index (χ0v) is 21.3. The second kappa shape index (κ2) is 8.76. The lowest BCUT2D eigenvalue weighted by atomic mass is 10.2. The number of benzene rings is 2. The fourth-order valence-corrected chi connectivity index (χ4v) is 5.76. The smallest absolute Gasteiger partial charge is 0.242 e. The molecule has 10 heteroatoms. The lowest BCUT2D eigenvalue weighted by Gasteiger charge is -2.23. The molecule has 2 aromatic carbocycles. The molecule has 0 spiro atoms. The topological polar surface area (TPSA) is 104 Å². The summed E-state index contributed by atoms with van der Waals surface area (Å²) in [6, 6.07) is 11.0. The molecule has 4 aromatic rings. The van der Waals surface area contributed by atoms with E-state index < -0.39 is 10.0 Å². The Bertz CT molecular complexity index is 1540. The van der Waals surface area contributed by atoms with Gasteiger partial charge in [-0.3, -0.25) is 4.79 Å². The van der Waals surface area contributed by atoms with E-state index in [2.05, 4.69) is 16.0 Å². The minimum atomic E-state index is -3.54. The van der Waals surface area contributed by atoms with Crippen molar-refractivity contribution in [2.45, 2.75) is 43.5 Å². The van der Waals surface area contributed by atoms with E-state index in [9.17, 15) is 13.2 Å². The van der Waals surface area contributed by atoms with Gasteiger partial charge in [0.05, 0.1) is 33.0 Å². The molecule has 0 saturated carbocycles. The molecule has 0 aliphatic carbocycles. The van der Waals surface area contributed by atoms with Crippen molar-refractivity contribution in [3.63, 3.8) is 0 Å². The highest BCUT2D eigenvalue weighted by Crippen LogP contribution is 2.32. The number of nitrogens with one attached hydrogen (secondary N) is 1. The predicted octanol–water partition coefficient (Wildman–Crippen LogP) is 3.30. The average molecular weight is 495 g/mol. The number of amides is 1. The van der Waals surface area contributed by atoms with Gasteiger partial charge in [-0.1, -0.05) is 6.07 Å². The summed E-state index contributed by atoms with van der Waals surface area (Å²) in [6.45, 7) is 2.77. The summed E-state index contributed by atoms with van der Waals surface area (Å²) in [7, 11) is 1.37. The second-order valence-electron chi connectivity index (χ2n) is 9.41. The first-order chi connectivity index (χ1) is 16.6. The van der Waals surface area contributed by atoms with E-state index >= 15 is 0 Å². The van der Waals surface area contributed by atoms with E-state index in [0.717, 1.165) is 41.0 Å². The Kier molecular flexibility index (Phi) is 5.88. The van der Waals surface area contributed by atoms with Gasteiger partial charge in [0.15, 0.2) is 0 Å². The monoisotopic (exact) mass is 494 g/mol. The maximum atomic E-state index is 13.2. The van der Waals surface area contributed by atoms with Crippen molar-refractivity contribution in [3.8, 4) is 0 Å². The molecule has 1 aliphatic rings. The zero-order chi connectivity index (χ0) is 24.9. The fraction of sp³-hybridized carbons (Fsp3) is 0.400. The first-order valence-electron chi connectivity index (χ1n) is 11.8. The number of aromatic nitrogens is 4. The van der Waals surface area contributed by atoms with E-state index in [4.69, 9.17) is 4.98 Å². The van der Waals surface area contributed by atoms with Crippen LogP contribution in [-0.2, 0) is 28.3 Å². The summed E-state index contributed by atoms with van der Waals surface area (Å²) >= 11 is 0. The van der Waals surface area contributed by atoms with Crippen molar-refractivity contribution in [2.24, 2.45) is 7.05 Å². The number of hydrogen-bond donors (Lipinski definition) is 1. The number of fused-ring (bicyclic) bond motifs is 2. The van der Waals surface area contributed by atoms with Crippen molar-refractivity contribution < 1.29 is 13.2 Å². The molecule has 3 heterocycles. The van der Waals surface area contributed by atoms with Crippen molar-refractivity contribution >= 4 is 38.0 Å². The molecule has 0 radical (unpaired) electrons. The number of likely N-dealkylation sites (tertiary alicyclic amines) is 1. The van der Waals surface area contributed by atoms with Crippen LogP contribution >= 0.6 is 0 Å². The second-order valence-corrected chi connectivity index (χ2v) is 11.6. The van der Waals surface area contributed by atoms with Crippen LogP contribution < -0.4 is 0 Å². The molecule has 5 rings (SSSR count). The van der Waals surface area contributed by atoms with Gasteiger partial charge < -0.3 is 14.5 Å². The Morgan fingerprint density at radius 3 is 2.71 bits per heavy atom. The van der Waals surface area contributed by atoms with Gasteiger partial charge in [-0.25, -0.2) is 22.7 Å². The van der Waals surface area contributed by atoms with E-state index in [1.807, 2.05) is 35.6 Å². The summed E-state index contributed by atoms with van der Waals surface area (Å²) in [4.78, 5) is 28.2. The van der Waals surface area contributed by atoms with Gasteiger partial charge in [-0.2, -0.15) is 0 Å². The molecule has 1 unspecified atom stereocenters. The zero-order valence-electron chi connectivity index (χ0n) is 20.4. The molecule has 1 aliphatic heterocycles. The first-order valence-corrected chi connectivity index (χ1v) is 13.2. The third-order valence-corrected chi connectivity index (χ3v) is 8.64. The number of hydrogen-bond acceptors (Lipinski definition) is 5. The molecule has 1 atom stereocenters. The maximum absolute atomic E-state index is 13.2. The number of carbonyl (C=O) groups excluding carboxylic acids is 1. The number of nitrogens with zero attached hydrogens (tertiary/aromatic N) is 5. The molecular weight excluding hydrogens is 464 g/mol. The number of sulfonamides is 1. The van der Waals surface area contributed by atoms with Crippen LogP contribution in [0.4, 0.5) is 0 Å². The minimum absolute atomic E-state index is 0.0468. The lowest BCUT2D eigenvalue weighted by molar-refractivity contribution is -0.132. The first kappa shape index (κ1) is 23.5. The van der Waals surface area contributed by atoms with E-state index in [0.29, 0.717) is 24.9 Å². The van der Waals surface area contributed by atoms with E-state index in [1.165, 1.54) is 24.0 Å². The molecule has 1 saturated heterocycles. The SMILES string of the molecule is Cc1ccc2nc(C3CCCN3C(=O)CCc3nc4cc(S(=O)(=O)N(C)C)ccc4n3C)[nH]c2c1. The normalized spacial score (nSPS) is 16.7. The van der Waals surface area contributed by atoms with Crippen LogP contribution in [0.5, 0.6) is 0 Å². The third kappa shape index (κ3) is 4.21. The van der Waals surface area contributed by atoms with Crippen LogP contribution in [0.3, 0.4) is 0 Å². The molecule has 0 bridgehead atoms. The predicted molar refractivity (Wildman–Crippen MR) is 134 cm³/mol. The van der Waals surface area contributed by atoms with Crippen LogP contribution in [0, 0.1) is 6.92 Å². The van der Waals surface area contributed by atoms with Crippen LogP contribution in [0.15, 0.2) is 41.3 Å². The number of aromatic amines is 1. The minimum Gasteiger partial charge on any atom is -0.340 e. The summed E-state index contributed by atoms with van der Waals surface area (Å²) in [5.41, 5.74) is 4.52. The van der Waals surface area contributed by atoms with Crippen molar-refractivity contribution in [3.05, 3.63) is 53.6 Å². The summed E-state index contributed by atoms with van der Waals surface area (Å²) < 4.78 is 28.1. The van der Waals surface area contributed by atoms with Gasteiger partial charge in [0.25, 0.3) is 0 Å². The van der Waals surface area contributed by atoms with Gasteiger partial charge >= 0.3 is 0 Å². The van der Waals surface area contributed by atoms with Gasteiger partial charge in [0.2, 0.25) is 15.9 Å². The van der Waals surface area contributed by atoms with Crippen LogP contribution in [0.2, 0.25) is 0 Å². The van der Waals surface area contributed by atoms with Crippen LogP contribution in [0.25, 0.3) is 22.1 Å². The highest BCUT2D eigenvalue weighted by molar-refractivity contribution is 7.89. The molecule has 35 heavy (non-hydrogen) atoms. The average Bonchev–Trinajstić information content (AvgIpc) is 3.54. The van der Waals surface area contributed by atoms with Gasteiger partial charge in [0, 0.05) is 40.5 Å². The molecule has 1 N–H and O–H groups in total. The molecule has 184 valence electrons. The number of rotatable bonds is 6. The Hall–Kier alpha value is -3.24. The number of H-pyrrole nitrogens is 1. The summed E-state index contributed by atoms with van der Waals surface area (Å²) in [5.74, 6) is 1.67. The summed E-state index contributed by atoms with van der Waals surface area (Å²) in [6.07, 6.45) is 2.64. The quantitative estimate of drug-likeness (QED) is 0.443. The maximum Gasteiger partial charge on any atom is 0.242 e. The molecule has 2 aromatic heterocycles. The summed E-state index contributed by atoms with van der Waals surface area (Å²) in [5, 5.41) is 0. The van der Waals surface area contributed by atoms with Crippen molar-refractivity contribution in [2.75, 3.05) is 20.6 Å². The Morgan fingerprint density at radius 2 is 1.94 bits per heavy atom. The Labute approximate surface area is 204 Å². The lowest BCUT2D eigenvalue weighted by Crippen LogP contribution is -2.31. The third-order valence-electron chi connectivity index (χ3n) is 6.83. The Balaban J connectivity index is 1.33. The van der Waals surface area contributed by atoms with Gasteiger partial charge in [-0.05, 0) is 55.7 Å².